The molecule has 3 aromatic rings. The van der Waals surface area contributed by atoms with Crippen molar-refractivity contribution in [2.24, 2.45) is 0 Å². The van der Waals surface area contributed by atoms with Gasteiger partial charge in [-0.2, -0.15) is 0 Å². The van der Waals surface area contributed by atoms with Gasteiger partial charge in [0.25, 0.3) is 0 Å². The first-order valence-electron chi connectivity index (χ1n) is 11.9. The fourth-order valence-corrected chi connectivity index (χ4v) is 61.1. The summed E-state index contributed by atoms with van der Waals surface area (Å²) in [6.07, 6.45) is 0. The van der Waals surface area contributed by atoms with Crippen LogP contribution in [-0.2, 0) is 0 Å². The van der Waals surface area contributed by atoms with Gasteiger partial charge in [0.1, 0.15) is 0 Å². The molecule has 3 rings (SSSR count). The van der Waals surface area contributed by atoms with Crippen LogP contribution in [0, 0.1) is 17.5 Å². The Morgan fingerprint density at radius 2 is 0.647 bits per heavy atom. The van der Waals surface area contributed by atoms with Crippen LogP contribution >= 0.6 is 0 Å². The fourth-order valence-electron chi connectivity index (χ4n) is 5.07. The molecule has 0 spiro atoms. The number of hydrogen-bond acceptors (Lipinski definition) is 0. The Balaban J connectivity index is 1.92. The summed E-state index contributed by atoms with van der Waals surface area (Å²) in [7, 11) is -5.22. The molecular weight excluding hydrogens is 584 g/mol. The van der Waals surface area contributed by atoms with E-state index < -0.39 is 44.0 Å². The monoisotopic (exact) mass is 621 g/mol. The quantitative estimate of drug-likeness (QED) is 0.244. The Bertz CT molecular complexity index is 938. The van der Waals surface area contributed by atoms with Crippen molar-refractivity contribution in [1.82, 2.24) is 0 Å². The van der Waals surface area contributed by atoms with Crippen molar-refractivity contribution in [3.8, 4) is 0 Å². The van der Waals surface area contributed by atoms with Gasteiger partial charge in [0.05, 0.1) is 0 Å². The number of benzene rings is 3. The Kier molecular flexibility index (Phi) is 8.80. The van der Waals surface area contributed by atoms with Crippen molar-refractivity contribution in [2.75, 3.05) is 0 Å². The SMILES string of the molecule is C[Si](C)([CH2][Sn+]([CH2][Si](C)(C)c1ccc(F)cc1)[CH2][Si](C)(C)c1ccc(F)cc1)c1ccc(F)cc1. The molecule has 0 amide bonds. The average Bonchev–Trinajstić information content (AvgIpc) is 2.73. The van der Waals surface area contributed by atoms with Crippen molar-refractivity contribution < 1.29 is 13.2 Å². The van der Waals surface area contributed by atoms with Crippen LogP contribution in [0.15, 0.2) is 72.8 Å². The van der Waals surface area contributed by atoms with Crippen LogP contribution in [0.3, 0.4) is 0 Å². The first-order valence-corrected chi connectivity index (χ1v) is 27.6. The third-order valence-electron chi connectivity index (χ3n) is 6.95. The molecule has 0 aromatic heterocycles. The molecule has 0 nitrogen and oxygen atoms in total. The molecule has 0 heterocycles. The fraction of sp³-hybridized carbons (Fsp3) is 0.333. The van der Waals surface area contributed by atoms with Crippen molar-refractivity contribution in [1.29, 1.82) is 0 Å². The molecule has 7 heteroatoms. The predicted octanol–water partition coefficient (Wildman–Crippen LogP) is 6.36. The van der Waals surface area contributed by atoms with Gasteiger partial charge >= 0.3 is 214 Å². The number of halogens is 3. The van der Waals surface area contributed by atoms with Gasteiger partial charge in [0.15, 0.2) is 0 Å². The zero-order chi connectivity index (χ0) is 25.1. The number of hydrogen-bond donors (Lipinski definition) is 0. The molecule has 0 saturated heterocycles. The Morgan fingerprint density at radius 3 is 0.853 bits per heavy atom. The summed E-state index contributed by atoms with van der Waals surface area (Å²) in [6.45, 7) is 14.6. The van der Waals surface area contributed by atoms with Gasteiger partial charge in [0.2, 0.25) is 0 Å². The zero-order valence-electron chi connectivity index (χ0n) is 21.2. The van der Waals surface area contributed by atoms with E-state index in [-0.39, 0.29) is 17.5 Å². The minimum absolute atomic E-state index is 0.179. The molecule has 0 aliphatic rings. The molecule has 0 bridgehead atoms. The standard InChI is InChI=1S/3C9H12FSi.Sn/c3*1-11(2,3)9-6-4-8(10)5-7-9;/h3*4-7H,1H2,2-3H3;/q;;;+1. The van der Waals surface area contributed by atoms with Gasteiger partial charge in [-0.3, -0.25) is 0 Å². The average molecular weight is 621 g/mol. The normalized spacial score (nSPS) is 12.6. The van der Waals surface area contributed by atoms with Gasteiger partial charge in [-0.1, -0.05) is 0 Å². The minimum atomic E-state index is -1.98. The van der Waals surface area contributed by atoms with E-state index in [1.165, 1.54) is 27.7 Å². The molecule has 0 saturated carbocycles. The summed E-state index contributed by atoms with van der Waals surface area (Å²) in [6, 6.07) is 21.6. The molecule has 3 aromatic carbocycles. The zero-order valence-corrected chi connectivity index (χ0v) is 27.0. The summed E-state index contributed by atoms with van der Waals surface area (Å²) >= 11 is -1.98. The molecule has 0 atom stereocenters. The third kappa shape index (κ3) is 7.21. The van der Waals surface area contributed by atoms with E-state index in [9.17, 15) is 13.2 Å². The maximum atomic E-state index is 13.6. The van der Waals surface area contributed by atoms with Crippen LogP contribution < -0.4 is 15.6 Å². The predicted molar refractivity (Wildman–Crippen MR) is 151 cm³/mol. The Morgan fingerprint density at radius 1 is 0.441 bits per heavy atom. The second kappa shape index (κ2) is 10.9. The van der Waals surface area contributed by atoms with Crippen LogP contribution in [0.5, 0.6) is 0 Å². The van der Waals surface area contributed by atoms with Gasteiger partial charge < -0.3 is 0 Å². The maximum absolute atomic E-state index is 13.6. The molecular formula is C27H36F3Si3Sn+. The van der Waals surface area contributed by atoms with Crippen LogP contribution in [0.2, 0.25) is 51.5 Å². The van der Waals surface area contributed by atoms with E-state index in [4.69, 9.17) is 0 Å². The van der Waals surface area contributed by atoms with E-state index in [1.807, 2.05) is 36.4 Å². The first-order chi connectivity index (χ1) is 15.8. The summed E-state index contributed by atoms with van der Waals surface area (Å²) in [5.41, 5.74) is 0. The van der Waals surface area contributed by atoms with Crippen LogP contribution in [0.25, 0.3) is 0 Å². The molecule has 0 radical (unpaired) electrons. The molecule has 0 aliphatic carbocycles. The van der Waals surface area contributed by atoms with Crippen molar-refractivity contribution in [2.45, 2.75) is 51.5 Å². The van der Waals surface area contributed by atoms with E-state index in [0.717, 1.165) is 0 Å². The summed E-state index contributed by atoms with van der Waals surface area (Å²) in [5, 5.41) is 3.98. The molecule has 0 aliphatic heterocycles. The summed E-state index contributed by atoms with van der Waals surface area (Å²) in [4.78, 5) is 0. The Labute approximate surface area is 213 Å². The van der Waals surface area contributed by atoms with E-state index in [0.29, 0.717) is 0 Å². The van der Waals surface area contributed by atoms with E-state index >= 15 is 0 Å². The topological polar surface area (TPSA) is 0 Å². The third-order valence-corrected chi connectivity index (χ3v) is 52.3. The van der Waals surface area contributed by atoms with E-state index in [2.05, 4.69) is 39.3 Å². The second-order valence-corrected chi connectivity index (χ2v) is 38.9. The molecule has 0 N–H and O–H groups in total. The van der Waals surface area contributed by atoms with Crippen LogP contribution in [-0.4, -0.2) is 44.0 Å². The molecule has 180 valence electrons. The van der Waals surface area contributed by atoms with Crippen molar-refractivity contribution in [3.63, 3.8) is 0 Å². The van der Waals surface area contributed by atoms with Crippen molar-refractivity contribution in [3.05, 3.63) is 90.2 Å². The Hall–Kier alpha value is -1.10. The van der Waals surface area contributed by atoms with Gasteiger partial charge in [-0.25, -0.2) is 0 Å². The second-order valence-electron chi connectivity index (χ2n) is 11.5. The number of rotatable bonds is 9. The van der Waals surface area contributed by atoms with Gasteiger partial charge in [0, 0.05) is 0 Å². The molecule has 0 unspecified atom stereocenters. The molecule has 0 fully saturated rings. The summed E-state index contributed by atoms with van der Waals surface area (Å²) in [5.74, 6) is -0.536. The van der Waals surface area contributed by atoms with Gasteiger partial charge in [-0.15, -0.1) is 0 Å². The van der Waals surface area contributed by atoms with Gasteiger partial charge in [-0.05, 0) is 0 Å². The van der Waals surface area contributed by atoms with Crippen molar-refractivity contribution >= 4 is 59.5 Å². The van der Waals surface area contributed by atoms with Crippen LogP contribution in [0.1, 0.15) is 0 Å². The molecule has 34 heavy (non-hydrogen) atoms. The summed E-state index contributed by atoms with van der Waals surface area (Å²) < 4.78 is 44.7. The first kappa shape index (κ1) is 27.5. The van der Waals surface area contributed by atoms with E-state index in [1.54, 1.807) is 36.4 Å². The van der Waals surface area contributed by atoms with Crippen LogP contribution in [0.4, 0.5) is 13.2 Å².